The minimum absolute atomic E-state index is 0.0416. The molecule has 0 radical (unpaired) electrons. The Bertz CT molecular complexity index is 1150. The normalized spacial score (nSPS) is 16.0. The molecular weight excluding hydrogens is 512 g/mol. The van der Waals surface area contributed by atoms with Crippen LogP contribution in [-0.2, 0) is 9.59 Å². The van der Waals surface area contributed by atoms with Crippen molar-refractivity contribution in [2.24, 2.45) is 0 Å². The minimum Gasteiger partial charge on any atom is -0.481 e. The second-order valence-corrected chi connectivity index (χ2v) is 10.1. The summed E-state index contributed by atoms with van der Waals surface area (Å²) in [5.74, 6) is -0.307. The summed E-state index contributed by atoms with van der Waals surface area (Å²) in [6.07, 6.45) is 1.68. The van der Waals surface area contributed by atoms with Crippen LogP contribution in [-0.4, -0.2) is 77.7 Å². The number of nitrogens with zero attached hydrogens (tertiary/aromatic N) is 2. The van der Waals surface area contributed by atoms with E-state index in [2.05, 4.69) is 10.6 Å². The summed E-state index contributed by atoms with van der Waals surface area (Å²) in [6, 6.07) is 6.38. The molecule has 12 heteroatoms. The Hall–Kier alpha value is -3.80. The zero-order valence-electron chi connectivity index (χ0n) is 21.2. The third kappa shape index (κ3) is 6.74. The number of carboxylic acids is 1. The van der Waals surface area contributed by atoms with Gasteiger partial charge in [-0.15, -0.1) is 11.3 Å². The molecule has 0 bridgehead atoms. The number of aliphatic carboxylic acids is 1. The molecule has 0 spiro atoms. The molecule has 4 rings (SSSR count). The van der Waals surface area contributed by atoms with Crippen LogP contribution in [0.4, 0.5) is 4.79 Å². The molecule has 1 aromatic heterocycles. The van der Waals surface area contributed by atoms with E-state index in [9.17, 15) is 24.3 Å². The monoisotopic (exact) mass is 544 g/mol. The Labute approximate surface area is 224 Å². The van der Waals surface area contributed by atoms with Gasteiger partial charge in [0.15, 0.2) is 11.5 Å². The first-order valence-corrected chi connectivity index (χ1v) is 13.5. The first-order valence-electron chi connectivity index (χ1n) is 12.7. The molecular formula is C26H32N4O7S. The number of ether oxygens (including phenoxy) is 2. The van der Waals surface area contributed by atoms with Crippen molar-refractivity contribution in [1.82, 2.24) is 20.4 Å². The predicted molar refractivity (Wildman–Crippen MR) is 139 cm³/mol. The lowest BCUT2D eigenvalue weighted by molar-refractivity contribution is -0.137. The predicted octanol–water partition coefficient (Wildman–Crippen LogP) is 2.84. The molecule has 2 atom stereocenters. The summed E-state index contributed by atoms with van der Waals surface area (Å²) in [5, 5.41) is 16.7. The number of thiophene rings is 1. The summed E-state index contributed by atoms with van der Waals surface area (Å²) in [7, 11) is 0. The van der Waals surface area contributed by atoms with Gasteiger partial charge in [0.2, 0.25) is 12.7 Å². The van der Waals surface area contributed by atoms with Crippen LogP contribution in [0.2, 0.25) is 0 Å². The first-order chi connectivity index (χ1) is 18.4. The summed E-state index contributed by atoms with van der Waals surface area (Å²) < 4.78 is 10.7. The van der Waals surface area contributed by atoms with Crippen molar-refractivity contribution in [3.8, 4) is 11.5 Å². The van der Waals surface area contributed by atoms with Crippen LogP contribution in [0.1, 0.15) is 53.9 Å². The van der Waals surface area contributed by atoms with Crippen molar-refractivity contribution < 1.29 is 33.8 Å². The van der Waals surface area contributed by atoms with Crippen molar-refractivity contribution in [3.05, 3.63) is 46.2 Å². The molecule has 4 amide bonds. The lowest BCUT2D eigenvalue weighted by Gasteiger charge is -2.36. The molecule has 2 aliphatic heterocycles. The fourth-order valence-corrected chi connectivity index (χ4v) is 5.18. The highest BCUT2D eigenvalue weighted by atomic mass is 32.1. The Morgan fingerprint density at radius 1 is 1.03 bits per heavy atom. The molecule has 1 saturated heterocycles. The van der Waals surface area contributed by atoms with Crippen LogP contribution in [0, 0.1) is 0 Å². The number of carbonyl (C=O) groups is 4. The fraction of sp³-hybridized carbons (Fsp3) is 0.462. The molecule has 0 aliphatic carbocycles. The molecule has 1 fully saturated rings. The smallest absolute Gasteiger partial charge is 0.315 e. The minimum atomic E-state index is -1.08. The maximum atomic E-state index is 13.4. The second-order valence-electron chi connectivity index (χ2n) is 9.17. The first kappa shape index (κ1) is 27.2. The van der Waals surface area contributed by atoms with Gasteiger partial charge in [0.1, 0.15) is 6.04 Å². The van der Waals surface area contributed by atoms with Gasteiger partial charge in [-0.1, -0.05) is 31.9 Å². The highest BCUT2D eigenvalue weighted by Crippen LogP contribution is 2.34. The summed E-state index contributed by atoms with van der Waals surface area (Å²) >= 11 is 1.39. The van der Waals surface area contributed by atoms with E-state index in [1.807, 2.05) is 18.4 Å². The number of rotatable bonds is 10. The van der Waals surface area contributed by atoms with Gasteiger partial charge in [-0.05, 0) is 35.6 Å². The van der Waals surface area contributed by atoms with Gasteiger partial charge < -0.3 is 35.0 Å². The van der Waals surface area contributed by atoms with Gasteiger partial charge in [-0.25, -0.2) is 4.79 Å². The van der Waals surface area contributed by atoms with Crippen molar-refractivity contribution in [2.75, 3.05) is 33.0 Å². The number of urea groups is 1. The van der Waals surface area contributed by atoms with Crippen LogP contribution in [0.5, 0.6) is 11.5 Å². The van der Waals surface area contributed by atoms with Crippen molar-refractivity contribution in [3.63, 3.8) is 0 Å². The maximum Gasteiger partial charge on any atom is 0.315 e. The Balaban J connectivity index is 1.38. The Kier molecular flexibility index (Phi) is 9.06. The highest BCUT2D eigenvalue weighted by Gasteiger charge is 2.31. The molecule has 38 heavy (non-hydrogen) atoms. The molecule has 2 aromatic rings. The van der Waals surface area contributed by atoms with Crippen LogP contribution < -0.4 is 20.1 Å². The van der Waals surface area contributed by atoms with Crippen LogP contribution in [0.15, 0.2) is 35.7 Å². The number of hydrogen-bond donors (Lipinski definition) is 3. The molecule has 0 unspecified atom stereocenters. The van der Waals surface area contributed by atoms with Crippen molar-refractivity contribution in [1.29, 1.82) is 0 Å². The zero-order chi connectivity index (χ0) is 27.1. The van der Waals surface area contributed by atoms with E-state index in [0.29, 0.717) is 54.5 Å². The average molecular weight is 545 g/mol. The quantitative estimate of drug-likeness (QED) is 0.418. The summed E-state index contributed by atoms with van der Waals surface area (Å²) in [6.45, 7) is 3.66. The van der Waals surface area contributed by atoms with Crippen molar-refractivity contribution in [2.45, 2.75) is 44.7 Å². The van der Waals surface area contributed by atoms with Gasteiger partial charge >= 0.3 is 12.0 Å². The zero-order valence-corrected chi connectivity index (χ0v) is 22.0. The molecule has 1 aromatic carbocycles. The van der Waals surface area contributed by atoms with E-state index in [4.69, 9.17) is 9.47 Å². The number of amides is 4. The molecule has 3 N–H and O–H groups in total. The number of hydrogen-bond acceptors (Lipinski definition) is 7. The molecule has 204 valence electrons. The maximum absolute atomic E-state index is 13.4. The number of carboxylic acid groups (broad SMARTS) is 1. The third-order valence-corrected chi connectivity index (χ3v) is 7.40. The van der Waals surface area contributed by atoms with Crippen LogP contribution in [0.25, 0.3) is 0 Å². The Morgan fingerprint density at radius 3 is 2.45 bits per heavy atom. The number of benzene rings is 1. The van der Waals surface area contributed by atoms with Crippen LogP contribution in [0.3, 0.4) is 0 Å². The molecule has 2 aliphatic rings. The van der Waals surface area contributed by atoms with Gasteiger partial charge in [0.25, 0.3) is 5.91 Å². The van der Waals surface area contributed by atoms with Crippen LogP contribution >= 0.6 is 11.3 Å². The largest absolute Gasteiger partial charge is 0.481 e. The van der Waals surface area contributed by atoms with E-state index < -0.39 is 24.1 Å². The second kappa shape index (κ2) is 12.6. The van der Waals surface area contributed by atoms with Crippen molar-refractivity contribution >= 4 is 35.2 Å². The summed E-state index contributed by atoms with van der Waals surface area (Å²) in [4.78, 5) is 54.6. The topological polar surface area (TPSA) is 138 Å². The SMILES string of the molecule is CCCC[C@H](NC(=O)N[C@@H](CC(=O)O)c1ccc2c(c1)OCO2)C(=O)N1CCN(C(=O)c2cccs2)CC1. The van der Waals surface area contributed by atoms with Gasteiger partial charge in [0.05, 0.1) is 17.3 Å². The number of carbonyl (C=O) groups excluding carboxylic acids is 3. The van der Waals surface area contributed by atoms with Gasteiger partial charge in [0, 0.05) is 26.2 Å². The number of fused-ring (bicyclic) bond motifs is 1. The highest BCUT2D eigenvalue weighted by molar-refractivity contribution is 7.12. The Morgan fingerprint density at radius 2 is 1.76 bits per heavy atom. The van der Waals surface area contributed by atoms with E-state index in [1.54, 1.807) is 34.1 Å². The standard InChI is InChI=1S/C26H32N4O7S/c1-2-3-5-18(24(33)29-9-11-30(12-10-29)25(34)22-6-4-13-38-22)27-26(35)28-19(15-23(31)32)17-7-8-20-21(14-17)37-16-36-20/h4,6-8,13-14,18-19H,2-3,5,9-12,15-16H2,1H3,(H,31,32)(H2,27,28,35)/t18-,19-/m0/s1. The van der Waals surface area contributed by atoms with E-state index in [-0.39, 0.29) is 25.0 Å². The van der Waals surface area contributed by atoms with E-state index in [1.165, 1.54) is 11.3 Å². The summed E-state index contributed by atoms with van der Waals surface area (Å²) in [5.41, 5.74) is 0.551. The molecule has 11 nitrogen and oxygen atoms in total. The van der Waals surface area contributed by atoms with E-state index in [0.717, 1.165) is 12.8 Å². The number of unbranched alkanes of at least 4 members (excludes halogenated alkanes) is 1. The average Bonchev–Trinajstić information content (AvgIpc) is 3.62. The number of piperazine rings is 1. The van der Waals surface area contributed by atoms with Gasteiger partial charge in [-0.2, -0.15) is 0 Å². The third-order valence-electron chi connectivity index (χ3n) is 6.54. The fourth-order valence-electron chi connectivity index (χ4n) is 4.49. The lowest BCUT2D eigenvalue weighted by atomic mass is 10.0. The van der Waals surface area contributed by atoms with E-state index >= 15 is 0 Å². The van der Waals surface area contributed by atoms with Gasteiger partial charge in [-0.3, -0.25) is 14.4 Å². The lowest BCUT2D eigenvalue weighted by Crippen LogP contribution is -2.57. The molecule has 3 heterocycles. The molecule has 0 saturated carbocycles. The number of nitrogens with one attached hydrogen (secondary N) is 2.